The molecule has 6 rings (SSSR count). The molecule has 3 fully saturated rings. The summed E-state index contributed by atoms with van der Waals surface area (Å²) in [6.45, 7) is 2.51. The van der Waals surface area contributed by atoms with Crippen LogP contribution in [0.3, 0.4) is 0 Å². The lowest BCUT2D eigenvalue weighted by atomic mass is 9.70. The lowest BCUT2D eigenvalue weighted by Gasteiger charge is -2.54. The standard InChI is InChI=1S/C31H34F3N3O2/c1-36(30(38)31(32,33)34)25-13-14-26(39-2)24(19-25)20-35-28-23-15-17-37(18-16-23)29(28)27(21-9-5-3-6-10-21)22-11-7-4-8-12-22/h3-14,19,23,27-29,35H,15-18,20H2,1-2H3/t28-,29-/m0/s1. The van der Waals surface area contributed by atoms with Crippen LogP contribution in [0, 0.1) is 5.92 Å². The van der Waals surface area contributed by atoms with E-state index in [4.69, 9.17) is 4.74 Å². The van der Waals surface area contributed by atoms with Gasteiger partial charge in [0, 0.05) is 42.8 Å². The molecule has 39 heavy (non-hydrogen) atoms. The molecule has 2 atom stereocenters. The molecule has 0 aliphatic carbocycles. The number of ether oxygens (including phenoxy) is 1. The number of nitrogens with zero attached hydrogens (tertiary/aromatic N) is 2. The van der Waals surface area contributed by atoms with E-state index in [1.165, 1.54) is 17.2 Å². The van der Waals surface area contributed by atoms with Gasteiger partial charge in [-0.05, 0) is 61.2 Å². The number of alkyl halides is 3. The second kappa shape index (κ2) is 11.4. The van der Waals surface area contributed by atoms with Gasteiger partial charge in [0.05, 0.1) is 7.11 Å². The average molecular weight is 538 g/mol. The van der Waals surface area contributed by atoms with Crippen LogP contribution in [0.2, 0.25) is 0 Å². The predicted octanol–water partition coefficient (Wildman–Crippen LogP) is 5.60. The molecule has 3 aromatic rings. The molecule has 1 N–H and O–H groups in total. The van der Waals surface area contributed by atoms with Gasteiger partial charge in [-0.25, -0.2) is 0 Å². The molecule has 0 aromatic heterocycles. The van der Waals surface area contributed by atoms with Crippen molar-refractivity contribution in [3.63, 3.8) is 0 Å². The van der Waals surface area contributed by atoms with Crippen molar-refractivity contribution >= 4 is 11.6 Å². The fourth-order valence-corrected chi connectivity index (χ4v) is 6.34. The Balaban J connectivity index is 1.45. The number of methoxy groups -OCH3 is 1. The summed E-state index contributed by atoms with van der Waals surface area (Å²) in [5.74, 6) is -0.687. The molecule has 0 spiro atoms. The molecule has 0 unspecified atom stereocenters. The highest BCUT2D eigenvalue weighted by Crippen LogP contribution is 2.42. The third-order valence-electron chi connectivity index (χ3n) is 8.26. The summed E-state index contributed by atoms with van der Waals surface area (Å²) in [5, 5.41) is 3.79. The molecule has 5 nitrogen and oxygen atoms in total. The molecule has 0 saturated carbocycles. The van der Waals surface area contributed by atoms with E-state index in [0.717, 1.165) is 33.0 Å². The summed E-state index contributed by atoms with van der Waals surface area (Å²) in [6.07, 6.45) is -2.74. The fourth-order valence-electron chi connectivity index (χ4n) is 6.34. The number of benzene rings is 3. The quantitative estimate of drug-likeness (QED) is 0.406. The number of halogens is 3. The minimum absolute atomic E-state index is 0.164. The summed E-state index contributed by atoms with van der Waals surface area (Å²) in [6, 6.07) is 26.3. The van der Waals surface area contributed by atoms with Gasteiger partial charge in [0.25, 0.3) is 0 Å². The minimum atomic E-state index is -4.94. The van der Waals surface area contributed by atoms with Crippen molar-refractivity contribution in [1.29, 1.82) is 0 Å². The molecule has 206 valence electrons. The number of fused-ring (bicyclic) bond motifs is 3. The van der Waals surface area contributed by atoms with Crippen LogP contribution in [-0.4, -0.2) is 56.3 Å². The Bertz CT molecular complexity index is 1220. The van der Waals surface area contributed by atoms with E-state index in [2.05, 4.69) is 58.7 Å². The molecule has 3 heterocycles. The predicted molar refractivity (Wildman–Crippen MR) is 146 cm³/mol. The number of amides is 1. The van der Waals surface area contributed by atoms with Crippen molar-refractivity contribution in [1.82, 2.24) is 10.2 Å². The molecule has 8 heteroatoms. The van der Waals surface area contributed by atoms with Gasteiger partial charge in [0.15, 0.2) is 0 Å². The molecule has 3 aliphatic heterocycles. The highest BCUT2D eigenvalue weighted by Gasteiger charge is 2.46. The van der Waals surface area contributed by atoms with Gasteiger partial charge < -0.3 is 15.0 Å². The van der Waals surface area contributed by atoms with Gasteiger partial charge in [-0.2, -0.15) is 13.2 Å². The molecule has 3 aliphatic rings. The zero-order valence-corrected chi connectivity index (χ0v) is 22.2. The third kappa shape index (κ3) is 5.68. The number of piperidine rings is 3. The number of rotatable bonds is 8. The van der Waals surface area contributed by atoms with Crippen molar-refractivity contribution in [2.45, 2.75) is 43.6 Å². The molecule has 3 aromatic carbocycles. The number of carbonyl (C=O) groups is 1. The lowest BCUT2D eigenvalue weighted by molar-refractivity contribution is -0.170. The Morgan fingerprint density at radius 2 is 1.59 bits per heavy atom. The first-order valence-electron chi connectivity index (χ1n) is 13.4. The monoisotopic (exact) mass is 537 g/mol. The Morgan fingerprint density at radius 3 is 2.13 bits per heavy atom. The van der Waals surface area contributed by atoms with Gasteiger partial charge in [0.2, 0.25) is 0 Å². The maximum atomic E-state index is 13.1. The minimum Gasteiger partial charge on any atom is -0.496 e. The summed E-state index contributed by atoms with van der Waals surface area (Å²) in [7, 11) is 2.68. The van der Waals surface area contributed by atoms with Crippen LogP contribution in [0.25, 0.3) is 0 Å². The van der Waals surface area contributed by atoms with Crippen molar-refractivity contribution in [2.75, 3.05) is 32.1 Å². The van der Waals surface area contributed by atoms with Gasteiger partial charge in [-0.15, -0.1) is 0 Å². The molecular formula is C31H34F3N3O2. The van der Waals surface area contributed by atoms with E-state index in [9.17, 15) is 18.0 Å². The first-order valence-corrected chi connectivity index (χ1v) is 13.4. The smallest absolute Gasteiger partial charge is 0.471 e. The van der Waals surface area contributed by atoms with E-state index in [1.54, 1.807) is 19.2 Å². The maximum absolute atomic E-state index is 13.1. The second-order valence-corrected chi connectivity index (χ2v) is 10.4. The zero-order valence-electron chi connectivity index (χ0n) is 22.2. The van der Waals surface area contributed by atoms with Crippen molar-refractivity contribution in [2.24, 2.45) is 5.92 Å². The van der Waals surface area contributed by atoms with Gasteiger partial charge in [-0.3, -0.25) is 9.69 Å². The second-order valence-electron chi connectivity index (χ2n) is 10.4. The van der Waals surface area contributed by atoms with E-state index in [1.807, 2.05) is 12.1 Å². The highest BCUT2D eigenvalue weighted by molar-refractivity contribution is 5.96. The van der Waals surface area contributed by atoms with Gasteiger partial charge in [-0.1, -0.05) is 60.7 Å². The van der Waals surface area contributed by atoms with Gasteiger partial charge >= 0.3 is 12.1 Å². The highest BCUT2D eigenvalue weighted by atomic mass is 19.4. The summed E-state index contributed by atoms with van der Waals surface area (Å²) in [5.41, 5.74) is 3.41. The Kier molecular flexibility index (Phi) is 7.96. The normalized spacial score (nSPS) is 22.6. The van der Waals surface area contributed by atoms with Crippen molar-refractivity contribution in [3.8, 4) is 5.75 Å². The van der Waals surface area contributed by atoms with Crippen LogP contribution in [-0.2, 0) is 11.3 Å². The van der Waals surface area contributed by atoms with E-state index in [-0.39, 0.29) is 23.7 Å². The fraction of sp³-hybridized carbons (Fsp3) is 0.387. The third-order valence-corrected chi connectivity index (χ3v) is 8.26. The molecule has 2 bridgehead atoms. The molecule has 3 saturated heterocycles. The van der Waals surface area contributed by atoms with Crippen LogP contribution in [0.1, 0.15) is 35.4 Å². The SMILES string of the molecule is COc1ccc(N(C)C(=O)C(F)(F)F)cc1CN[C@H]1C2CCN(CC2)[C@H]1C(c1ccccc1)c1ccccc1. The molecule has 1 amide bonds. The van der Waals surface area contributed by atoms with Crippen LogP contribution in [0.4, 0.5) is 18.9 Å². The number of hydrogen-bond acceptors (Lipinski definition) is 4. The summed E-state index contributed by atoms with van der Waals surface area (Å²) in [4.78, 5) is 15.1. The Morgan fingerprint density at radius 1 is 1.00 bits per heavy atom. The van der Waals surface area contributed by atoms with E-state index < -0.39 is 12.1 Å². The van der Waals surface area contributed by atoms with Crippen LogP contribution in [0.15, 0.2) is 78.9 Å². The van der Waals surface area contributed by atoms with Crippen molar-refractivity contribution < 1.29 is 22.7 Å². The Labute approximate surface area is 227 Å². The largest absolute Gasteiger partial charge is 0.496 e. The van der Waals surface area contributed by atoms with E-state index in [0.29, 0.717) is 28.7 Å². The zero-order chi connectivity index (χ0) is 27.6. The lowest BCUT2D eigenvalue weighted by Crippen LogP contribution is -2.64. The average Bonchev–Trinajstić information content (AvgIpc) is 2.97. The number of hydrogen-bond donors (Lipinski definition) is 1. The number of anilines is 1. The topological polar surface area (TPSA) is 44.8 Å². The van der Waals surface area contributed by atoms with Crippen LogP contribution >= 0.6 is 0 Å². The first-order chi connectivity index (χ1) is 18.8. The first kappa shape index (κ1) is 27.2. The number of carbonyl (C=O) groups excluding carboxylic acids is 1. The van der Waals surface area contributed by atoms with Crippen molar-refractivity contribution in [3.05, 3.63) is 95.6 Å². The van der Waals surface area contributed by atoms with Gasteiger partial charge in [0.1, 0.15) is 5.75 Å². The summed E-state index contributed by atoms with van der Waals surface area (Å²) < 4.78 is 44.8. The van der Waals surface area contributed by atoms with Crippen LogP contribution < -0.4 is 15.0 Å². The maximum Gasteiger partial charge on any atom is 0.471 e. The van der Waals surface area contributed by atoms with Crippen LogP contribution in [0.5, 0.6) is 5.75 Å². The molecule has 0 radical (unpaired) electrons. The number of nitrogens with one attached hydrogen (secondary N) is 1. The summed E-state index contributed by atoms with van der Waals surface area (Å²) >= 11 is 0. The Hall–Kier alpha value is -3.36. The van der Waals surface area contributed by atoms with E-state index >= 15 is 0 Å². The molecular weight excluding hydrogens is 503 g/mol.